The molecule has 0 aromatic heterocycles. The van der Waals surface area contributed by atoms with Crippen LogP contribution in [0.25, 0.3) is 0 Å². The third-order valence-corrected chi connectivity index (χ3v) is 4.68. The molecular weight excluding hydrogens is 355 g/mol. The molecule has 4 nitrogen and oxygen atoms in total. The van der Waals surface area contributed by atoms with Crippen LogP contribution in [0.15, 0.2) is 42.5 Å². The number of hydrogen-bond donors (Lipinski definition) is 2. The van der Waals surface area contributed by atoms with Crippen LogP contribution >= 0.6 is 0 Å². The first-order chi connectivity index (χ1) is 13.0. The van der Waals surface area contributed by atoms with Gasteiger partial charge in [0.05, 0.1) is 0 Å². The van der Waals surface area contributed by atoms with Crippen LogP contribution in [0.2, 0.25) is 0 Å². The van der Waals surface area contributed by atoms with Crippen LogP contribution in [0.1, 0.15) is 24.0 Å². The number of likely N-dealkylation sites (tertiary alicyclic amines) is 1. The summed E-state index contributed by atoms with van der Waals surface area (Å²) in [5, 5.41) is 5.71. The maximum Gasteiger partial charge on any atom is 0.315 e. The zero-order valence-electron chi connectivity index (χ0n) is 14.9. The Morgan fingerprint density at radius 3 is 2.30 bits per heavy atom. The highest BCUT2D eigenvalue weighted by molar-refractivity contribution is 5.74. The summed E-state index contributed by atoms with van der Waals surface area (Å²) < 4.78 is 39.1. The molecule has 1 aliphatic heterocycles. The molecule has 0 spiro atoms. The van der Waals surface area contributed by atoms with Crippen molar-refractivity contribution in [1.29, 1.82) is 0 Å². The molecule has 0 bridgehead atoms. The number of nitrogens with one attached hydrogen (secondary N) is 2. The lowest BCUT2D eigenvalue weighted by molar-refractivity contribution is 0.186. The van der Waals surface area contributed by atoms with Gasteiger partial charge in [0.2, 0.25) is 0 Å². The van der Waals surface area contributed by atoms with Crippen LogP contribution in [-0.2, 0) is 13.1 Å². The third kappa shape index (κ3) is 5.72. The van der Waals surface area contributed by atoms with Gasteiger partial charge >= 0.3 is 6.03 Å². The summed E-state index contributed by atoms with van der Waals surface area (Å²) in [5.41, 5.74) is 1.56. The summed E-state index contributed by atoms with van der Waals surface area (Å²) in [6.07, 6.45) is 1.57. The fourth-order valence-corrected chi connectivity index (χ4v) is 3.15. The van der Waals surface area contributed by atoms with Crippen molar-refractivity contribution in [2.24, 2.45) is 0 Å². The number of carbonyl (C=O) groups excluding carboxylic acids is 1. The Morgan fingerprint density at radius 2 is 1.63 bits per heavy atom. The average Bonchev–Trinajstić information content (AvgIpc) is 2.66. The second-order valence-electron chi connectivity index (χ2n) is 6.75. The van der Waals surface area contributed by atoms with Crippen molar-refractivity contribution in [3.8, 4) is 0 Å². The van der Waals surface area contributed by atoms with Gasteiger partial charge in [0.1, 0.15) is 5.82 Å². The van der Waals surface area contributed by atoms with E-state index in [2.05, 4.69) is 15.5 Å². The molecule has 144 valence electrons. The quantitative estimate of drug-likeness (QED) is 0.837. The van der Waals surface area contributed by atoms with Gasteiger partial charge in [0, 0.05) is 32.2 Å². The summed E-state index contributed by atoms with van der Waals surface area (Å²) in [6.45, 7) is 2.42. The van der Waals surface area contributed by atoms with Gasteiger partial charge < -0.3 is 10.6 Å². The number of hydrogen-bond acceptors (Lipinski definition) is 2. The fraction of sp³-hybridized carbons (Fsp3) is 0.350. The maximum atomic E-state index is 13.3. The molecule has 0 saturated carbocycles. The van der Waals surface area contributed by atoms with E-state index in [-0.39, 0.29) is 17.9 Å². The van der Waals surface area contributed by atoms with Gasteiger partial charge in [0.15, 0.2) is 11.6 Å². The zero-order valence-corrected chi connectivity index (χ0v) is 14.9. The van der Waals surface area contributed by atoms with Crippen molar-refractivity contribution in [3.63, 3.8) is 0 Å². The molecule has 0 radical (unpaired) electrons. The number of rotatable bonds is 5. The summed E-state index contributed by atoms with van der Waals surface area (Å²) in [6, 6.07) is 9.75. The molecule has 27 heavy (non-hydrogen) atoms. The van der Waals surface area contributed by atoms with Gasteiger partial charge in [-0.15, -0.1) is 0 Å². The van der Waals surface area contributed by atoms with Crippen molar-refractivity contribution in [2.75, 3.05) is 13.1 Å². The first kappa shape index (κ1) is 19.2. The van der Waals surface area contributed by atoms with E-state index in [1.54, 1.807) is 18.2 Å². The minimum absolute atomic E-state index is 0.0689. The molecule has 0 unspecified atom stereocenters. The van der Waals surface area contributed by atoms with Gasteiger partial charge in [0.25, 0.3) is 0 Å². The van der Waals surface area contributed by atoms with Crippen molar-refractivity contribution < 1.29 is 18.0 Å². The summed E-state index contributed by atoms with van der Waals surface area (Å²) in [7, 11) is 0. The molecule has 1 fully saturated rings. The molecule has 1 saturated heterocycles. The highest BCUT2D eigenvalue weighted by atomic mass is 19.2. The smallest absolute Gasteiger partial charge is 0.315 e. The minimum Gasteiger partial charge on any atom is -0.335 e. The highest BCUT2D eigenvalue weighted by Crippen LogP contribution is 2.16. The number of nitrogens with zero attached hydrogens (tertiary/aromatic N) is 1. The first-order valence-electron chi connectivity index (χ1n) is 8.94. The molecule has 2 aromatic rings. The molecule has 0 aliphatic carbocycles. The van der Waals surface area contributed by atoms with E-state index >= 15 is 0 Å². The Balaban J connectivity index is 1.39. The topological polar surface area (TPSA) is 44.4 Å². The van der Waals surface area contributed by atoms with Crippen LogP contribution < -0.4 is 10.6 Å². The van der Waals surface area contributed by atoms with Gasteiger partial charge in [-0.3, -0.25) is 4.90 Å². The monoisotopic (exact) mass is 377 g/mol. The first-order valence-corrected chi connectivity index (χ1v) is 8.94. The Kier molecular flexibility index (Phi) is 6.34. The van der Waals surface area contributed by atoms with Crippen LogP contribution in [0.4, 0.5) is 18.0 Å². The number of benzene rings is 2. The molecular formula is C20H22F3N3O. The average molecular weight is 377 g/mol. The second kappa shape index (κ2) is 8.90. The summed E-state index contributed by atoms with van der Waals surface area (Å²) in [4.78, 5) is 14.2. The Morgan fingerprint density at radius 1 is 0.963 bits per heavy atom. The van der Waals surface area contributed by atoms with Crippen molar-refractivity contribution >= 4 is 6.03 Å². The van der Waals surface area contributed by atoms with E-state index in [9.17, 15) is 18.0 Å². The molecule has 2 N–H and O–H groups in total. The summed E-state index contributed by atoms with van der Waals surface area (Å²) >= 11 is 0. The van der Waals surface area contributed by atoms with Crippen LogP contribution in [-0.4, -0.2) is 30.1 Å². The number of piperidine rings is 1. The van der Waals surface area contributed by atoms with Crippen molar-refractivity contribution in [3.05, 3.63) is 71.0 Å². The van der Waals surface area contributed by atoms with E-state index < -0.39 is 11.6 Å². The summed E-state index contributed by atoms with van der Waals surface area (Å²) in [5.74, 6) is -1.98. The van der Waals surface area contributed by atoms with Crippen molar-refractivity contribution in [2.45, 2.75) is 32.0 Å². The van der Waals surface area contributed by atoms with Gasteiger partial charge in [-0.2, -0.15) is 0 Å². The Labute approximate surface area is 156 Å². The standard InChI is InChI=1S/C20H22F3N3O/c21-16-4-1-14(2-5-16)12-24-20(27)25-17-7-9-26(10-8-17)13-15-3-6-18(22)19(23)11-15/h1-6,11,17H,7-10,12-13H2,(H2,24,25,27). The van der Waals surface area contributed by atoms with E-state index in [4.69, 9.17) is 0 Å². The van der Waals surface area contributed by atoms with Crippen LogP contribution in [0.5, 0.6) is 0 Å². The Hall–Kier alpha value is -2.54. The molecule has 0 atom stereocenters. The second-order valence-corrected chi connectivity index (χ2v) is 6.75. The highest BCUT2D eigenvalue weighted by Gasteiger charge is 2.21. The predicted molar refractivity (Wildman–Crippen MR) is 96.4 cm³/mol. The molecule has 2 amide bonds. The van der Waals surface area contributed by atoms with E-state index in [1.807, 2.05) is 0 Å². The number of halogens is 3. The molecule has 1 aliphatic rings. The fourth-order valence-electron chi connectivity index (χ4n) is 3.15. The maximum absolute atomic E-state index is 13.3. The lowest BCUT2D eigenvalue weighted by atomic mass is 10.0. The molecule has 2 aromatic carbocycles. The lowest BCUT2D eigenvalue weighted by Crippen LogP contribution is -2.47. The Bertz CT molecular complexity index is 775. The largest absolute Gasteiger partial charge is 0.335 e. The van der Waals surface area contributed by atoms with E-state index in [0.29, 0.717) is 13.1 Å². The van der Waals surface area contributed by atoms with Crippen LogP contribution in [0, 0.1) is 17.5 Å². The van der Waals surface area contributed by atoms with Gasteiger partial charge in [-0.1, -0.05) is 18.2 Å². The number of amides is 2. The number of carbonyl (C=O) groups is 1. The molecule has 3 rings (SSSR count). The number of urea groups is 1. The SMILES string of the molecule is O=C(NCc1ccc(F)cc1)NC1CCN(Cc2ccc(F)c(F)c2)CC1. The lowest BCUT2D eigenvalue weighted by Gasteiger charge is -2.32. The van der Waals surface area contributed by atoms with Gasteiger partial charge in [-0.25, -0.2) is 18.0 Å². The van der Waals surface area contributed by atoms with E-state index in [0.717, 1.165) is 43.1 Å². The van der Waals surface area contributed by atoms with Crippen LogP contribution in [0.3, 0.4) is 0 Å². The normalized spacial score (nSPS) is 15.5. The third-order valence-electron chi connectivity index (χ3n) is 4.68. The predicted octanol–water partition coefficient (Wildman–Crippen LogP) is 3.57. The minimum atomic E-state index is -0.840. The van der Waals surface area contributed by atoms with E-state index in [1.165, 1.54) is 18.2 Å². The van der Waals surface area contributed by atoms with Crippen molar-refractivity contribution in [1.82, 2.24) is 15.5 Å². The zero-order chi connectivity index (χ0) is 19.2. The molecule has 1 heterocycles. The van der Waals surface area contributed by atoms with Gasteiger partial charge in [-0.05, 0) is 48.2 Å². The molecule has 7 heteroatoms.